The van der Waals surface area contributed by atoms with Crippen molar-refractivity contribution in [2.45, 2.75) is 12.5 Å². The third-order valence-electron chi connectivity index (χ3n) is 4.46. The van der Waals surface area contributed by atoms with E-state index in [2.05, 4.69) is 10.3 Å². The maximum absolute atomic E-state index is 12.2. The minimum absolute atomic E-state index is 0.265. The molecule has 7 heteroatoms. The van der Waals surface area contributed by atoms with Gasteiger partial charge in [0.2, 0.25) is 0 Å². The molecule has 0 unspecified atom stereocenters. The molecule has 1 amide bonds. The van der Waals surface area contributed by atoms with Crippen molar-refractivity contribution in [3.8, 4) is 0 Å². The Morgan fingerprint density at radius 3 is 2.52 bits per heavy atom. The zero-order chi connectivity index (χ0) is 22.1. The Balaban J connectivity index is 1.52. The van der Waals surface area contributed by atoms with E-state index in [-0.39, 0.29) is 6.42 Å². The van der Waals surface area contributed by atoms with Gasteiger partial charge in [-0.15, -0.1) is 0 Å². The molecular formula is C24H22N2O5. The topological polar surface area (TPSA) is 94.6 Å². The fourth-order valence-corrected chi connectivity index (χ4v) is 2.93. The monoisotopic (exact) mass is 418 g/mol. The fraction of sp³-hybridized carbons (Fsp3) is 0.167. The Labute approximate surface area is 179 Å². The number of rotatable bonds is 8. The molecule has 0 bridgehead atoms. The molecule has 1 aromatic heterocycles. The van der Waals surface area contributed by atoms with Crippen LogP contribution in [-0.4, -0.2) is 42.6 Å². The number of benzene rings is 2. The van der Waals surface area contributed by atoms with E-state index >= 15 is 0 Å². The van der Waals surface area contributed by atoms with Gasteiger partial charge < -0.3 is 14.8 Å². The molecule has 0 aliphatic carbocycles. The lowest BCUT2D eigenvalue weighted by Gasteiger charge is -2.16. The largest absolute Gasteiger partial charge is 0.467 e. The number of para-hydroxylation sites is 1. The zero-order valence-corrected chi connectivity index (χ0v) is 17.0. The molecule has 1 N–H and O–H groups in total. The summed E-state index contributed by atoms with van der Waals surface area (Å²) in [6.07, 6.45) is 2.98. The number of hydrogen-bond donors (Lipinski definition) is 1. The Hall–Kier alpha value is -4.00. The third-order valence-corrected chi connectivity index (χ3v) is 4.46. The number of esters is 2. The van der Waals surface area contributed by atoms with Crippen molar-refractivity contribution in [1.82, 2.24) is 10.3 Å². The lowest BCUT2D eigenvalue weighted by molar-refractivity contribution is -0.147. The normalized spacial score (nSPS) is 11.8. The SMILES string of the molecule is COC(=O)[C@@H](Cc1ccccc1)NC(=O)COC(=O)/C=C/c1ccc2ccccc2n1. The summed E-state index contributed by atoms with van der Waals surface area (Å²) in [7, 11) is 1.25. The van der Waals surface area contributed by atoms with E-state index in [4.69, 9.17) is 9.47 Å². The van der Waals surface area contributed by atoms with E-state index in [1.165, 1.54) is 19.3 Å². The first-order valence-corrected chi connectivity index (χ1v) is 9.67. The highest BCUT2D eigenvalue weighted by atomic mass is 16.5. The van der Waals surface area contributed by atoms with Crippen LogP contribution >= 0.6 is 0 Å². The van der Waals surface area contributed by atoms with Crippen LogP contribution in [0.25, 0.3) is 17.0 Å². The minimum atomic E-state index is -0.879. The number of pyridine rings is 1. The molecule has 3 rings (SSSR count). The van der Waals surface area contributed by atoms with Crippen molar-refractivity contribution >= 4 is 34.8 Å². The van der Waals surface area contributed by atoms with E-state index in [1.807, 2.05) is 60.7 Å². The van der Waals surface area contributed by atoms with E-state index in [0.29, 0.717) is 5.69 Å². The summed E-state index contributed by atoms with van der Waals surface area (Å²) in [5.74, 6) is -1.87. The first-order chi connectivity index (χ1) is 15.0. The van der Waals surface area contributed by atoms with Crippen molar-refractivity contribution < 1.29 is 23.9 Å². The summed E-state index contributed by atoms with van der Waals surface area (Å²) < 4.78 is 9.71. The molecule has 3 aromatic rings. The Bertz CT molecular complexity index is 1100. The number of hydrogen-bond acceptors (Lipinski definition) is 6. The van der Waals surface area contributed by atoms with Crippen molar-refractivity contribution in [3.63, 3.8) is 0 Å². The number of amides is 1. The van der Waals surface area contributed by atoms with Crippen molar-refractivity contribution in [2.24, 2.45) is 0 Å². The molecule has 0 saturated heterocycles. The van der Waals surface area contributed by atoms with Gasteiger partial charge in [-0.3, -0.25) is 4.79 Å². The van der Waals surface area contributed by atoms with Gasteiger partial charge in [0.15, 0.2) is 6.61 Å². The number of carbonyl (C=O) groups excluding carboxylic acids is 3. The minimum Gasteiger partial charge on any atom is -0.467 e. The number of aromatic nitrogens is 1. The summed E-state index contributed by atoms with van der Waals surface area (Å²) in [5, 5.41) is 3.53. The maximum Gasteiger partial charge on any atom is 0.331 e. The average molecular weight is 418 g/mol. The molecule has 0 spiro atoms. The van der Waals surface area contributed by atoms with Gasteiger partial charge in [0.05, 0.1) is 18.3 Å². The molecule has 0 radical (unpaired) electrons. The van der Waals surface area contributed by atoms with Gasteiger partial charge in [-0.05, 0) is 23.8 Å². The van der Waals surface area contributed by atoms with Crippen LogP contribution in [0.15, 0.2) is 72.8 Å². The Morgan fingerprint density at radius 1 is 1.00 bits per heavy atom. The number of fused-ring (bicyclic) bond motifs is 1. The standard InChI is InChI=1S/C24H22N2O5/c1-30-24(29)21(15-17-7-3-2-4-8-17)26-22(27)16-31-23(28)14-13-19-12-11-18-9-5-6-10-20(18)25-19/h2-14,21H,15-16H2,1H3,(H,26,27)/b14-13+/t21-/m1/s1. The molecule has 0 aliphatic rings. The lowest BCUT2D eigenvalue weighted by atomic mass is 10.1. The van der Waals surface area contributed by atoms with Crippen LogP contribution < -0.4 is 5.32 Å². The van der Waals surface area contributed by atoms with Crippen LogP contribution in [-0.2, 0) is 30.3 Å². The third kappa shape index (κ3) is 6.50. The highest BCUT2D eigenvalue weighted by Crippen LogP contribution is 2.12. The predicted octanol–water partition coefficient (Wildman–Crippen LogP) is 2.69. The molecule has 0 saturated carbocycles. The Morgan fingerprint density at radius 2 is 1.74 bits per heavy atom. The van der Waals surface area contributed by atoms with Crippen LogP contribution in [0.2, 0.25) is 0 Å². The van der Waals surface area contributed by atoms with Gasteiger partial charge in [0.1, 0.15) is 6.04 Å². The highest BCUT2D eigenvalue weighted by molar-refractivity contribution is 5.90. The van der Waals surface area contributed by atoms with Crippen LogP contribution in [0.5, 0.6) is 0 Å². The van der Waals surface area contributed by atoms with Crippen molar-refractivity contribution in [3.05, 3.63) is 84.1 Å². The summed E-state index contributed by atoms with van der Waals surface area (Å²) in [6.45, 7) is -0.517. The second-order valence-electron chi connectivity index (χ2n) is 6.70. The zero-order valence-electron chi connectivity index (χ0n) is 17.0. The van der Waals surface area contributed by atoms with Crippen LogP contribution in [0.3, 0.4) is 0 Å². The predicted molar refractivity (Wildman–Crippen MR) is 116 cm³/mol. The summed E-state index contributed by atoms with van der Waals surface area (Å²) in [5.41, 5.74) is 2.26. The first kappa shape index (κ1) is 21.7. The summed E-state index contributed by atoms with van der Waals surface area (Å²) in [6, 6.07) is 19.7. The Kier molecular flexibility index (Phi) is 7.48. The van der Waals surface area contributed by atoms with Crippen LogP contribution in [0.1, 0.15) is 11.3 Å². The smallest absolute Gasteiger partial charge is 0.331 e. The second kappa shape index (κ2) is 10.7. The highest BCUT2D eigenvalue weighted by Gasteiger charge is 2.22. The van der Waals surface area contributed by atoms with Gasteiger partial charge in [-0.1, -0.05) is 54.6 Å². The van der Waals surface area contributed by atoms with Crippen molar-refractivity contribution in [1.29, 1.82) is 0 Å². The molecule has 1 atom stereocenters. The average Bonchev–Trinajstić information content (AvgIpc) is 2.81. The number of nitrogens with zero attached hydrogens (tertiary/aromatic N) is 1. The van der Waals surface area contributed by atoms with E-state index in [1.54, 1.807) is 6.07 Å². The molecule has 0 fully saturated rings. The molecule has 158 valence electrons. The van der Waals surface area contributed by atoms with E-state index < -0.39 is 30.5 Å². The second-order valence-corrected chi connectivity index (χ2v) is 6.70. The van der Waals surface area contributed by atoms with Gasteiger partial charge in [-0.25, -0.2) is 14.6 Å². The van der Waals surface area contributed by atoms with Crippen molar-refractivity contribution in [2.75, 3.05) is 13.7 Å². The van der Waals surface area contributed by atoms with Gasteiger partial charge in [-0.2, -0.15) is 0 Å². The number of methoxy groups -OCH3 is 1. The summed E-state index contributed by atoms with van der Waals surface area (Å²) in [4.78, 5) is 40.5. The molecule has 31 heavy (non-hydrogen) atoms. The van der Waals surface area contributed by atoms with Gasteiger partial charge in [0.25, 0.3) is 5.91 Å². The van der Waals surface area contributed by atoms with Gasteiger partial charge >= 0.3 is 11.9 Å². The molecule has 1 heterocycles. The van der Waals surface area contributed by atoms with E-state index in [0.717, 1.165) is 16.5 Å². The van der Waals surface area contributed by atoms with Crippen LogP contribution in [0, 0.1) is 0 Å². The quantitative estimate of drug-likeness (QED) is 0.447. The molecule has 7 nitrogen and oxygen atoms in total. The van der Waals surface area contributed by atoms with Gasteiger partial charge in [0, 0.05) is 17.9 Å². The molecule has 0 aliphatic heterocycles. The first-order valence-electron chi connectivity index (χ1n) is 9.67. The van der Waals surface area contributed by atoms with Crippen LogP contribution in [0.4, 0.5) is 0 Å². The molecular weight excluding hydrogens is 396 g/mol. The number of ether oxygens (including phenoxy) is 2. The summed E-state index contributed by atoms with van der Waals surface area (Å²) >= 11 is 0. The number of nitrogens with one attached hydrogen (secondary N) is 1. The lowest BCUT2D eigenvalue weighted by Crippen LogP contribution is -2.44. The maximum atomic E-state index is 12.2. The molecule has 2 aromatic carbocycles. The number of carbonyl (C=O) groups is 3. The fourth-order valence-electron chi connectivity index (χ4n) is 2.93. The van der Waals surface area contributed by atoms with E-state index in [9.17, 15) is 14.4 Å².